The maximum atomic E-state index is 13.2. The van der Waals surface area contributed by atoms with Crippen molar-refractivity contribution in [1.82, 2.24) is 0 Å². The Morgan fingerprint density at radius 1 is 1.33 bits per heavy atom. The van der Waals surface area contributed by atoms with Crippen molar-refractivity contribution < 1.29 is 9.13 Å². The van der Waals surface area contributed by atoms with Gasteiger partial charge in [0.25, 0.3) is 0 Å². The van der Waals surface area contributed by atoms with Crippen LogP contribution < -0.4 is 5.32 Å². The molecule has 2 unspecified atom stereocenters. The minimum atomic E-state index is -0.429. The lowest BCUT2D eigenvalue weighted by Crippen LogP contribution is -2.58. The zero-order valence-electron chi connectivity index (χ0n) is 12.8. The van der Waals surface area contributed by atoms with E-state index in [0.29, 0.717) is 21.7 Å². The van der Waals surface area contributed by atoms with E-state index in [1.54, 1.807) is 0 Å². The van der Waals surface area contributed by atoms with Gasteiger partial charge in [-0.3, -0.25) is 0 Å². The van der Waals surface area contributed by atoms with E-state index in [0.717, 1.165) is 13.0 Å². The summed E-state index contributed by atoms with van der Waals surface area (Å²) in [7, 11) is 0. The highest BCUT2D eigenvalue weighted by Gasteiger charge is 2.49. The van der Waals surface area contributed by atoms with Gasteiger partial charge in [0.2, 0.25) is 0 Å². The van der Waals surface area contributed by atoms with Gasteiger partial charge in [0.1, 0.15) is 5.82 Å². The van der Waals surface area contributed by atoms with Gasteiger partial charge in [-0.25, -0.2) is 4.39 Å². The van der Waals surface area contributed by atoms with Crippen LogP contribution in [0.2, 0.25) is 10.0 Å². The molecule has 1 aromatic rings. The molecule has 118 valence electrons. The molecule has 0 heterocycles. The van der Waals surface area contributed by atoms with E-state index in [1.807, 2.05) is 0 Å². The summed E-state index contributed by atoms with van der Waals surface area (Å²) < 4.78 is 19.2. The second-order valence-corrected chi connectivity index (χ2v) is 7.53. The van der Waals surface area contributed by atoms with Gasteiger partial charge in [-0.05, 0) is 24.5 Å². The molecule has 2 nitrogen and oxygen atoms in total. The summed E-state index contributed by atoms with van der Waals surface area (Å²) in [6.45, 7) is 9.35. The molecule has 1 fully saturated rings. The van der Waals surface area contributed by atoms with Gasteiger partial charge in [0.15, 0.2) is 0 Å². The van der Waals surface area contributed by atoms with E-state index < -0.39 is 5.82 Å². The van der Waals surface area contributed by atoms with Crippen LogP contribution in [-0.2, 0) is 4.74 Å². The van der Waals surface area contributed by atoms with Crippen LogP contribution in [0.15, 0.2) is 12.1 Å². The summed E-state index contributed by atoms with van der Waals surface area (Å²) in [4.78, 5) is 0. The third-order valence-electron chi connectivity index (χ3n) is 4.13. The van der Waals surface area contributed by atoms with Crippen LogP contribution in [0.4, 0.5) is 10.1 Å². The summed E-state index contributed by atoms with van der Waals surface area (Å²) in [5.74, 6) is 0.0929. The summed E-state index contributed by atoms with van der Waals surface area (Å²) >= 11 is 12.1. The first-order valence-corrected chi connectivity index (χ1v) is 8.00. The quantitative estimate of drug-likeness (QED) is 0.780. The molecule has 0 aromatic heterocycles. The monoisotopic (exact) mass is 333 g/mol. The number of rotatable bonds is 5. The predicted molar refractivity (Wildman–Crippen MR) is 86.8 cm³/mol. The number of benzene rings is 1. The number of halogens is 3. The van der Waals surface area contributed by atoms with Gasteiger partial charge in [0, 0.05) is 18.1 Å². The van der Waals surface area contributed by atoms with Crippen LogP contribution in [0.3, 0.4) is 0 Å². The van der Waals surface area contributed by atoms with E-state index in [4.69, 9.17) is 27.9 Å². The van der Waals surface area contributed by atoms with E-state index in [1.165, 1.54) is 12.1 Å². The summed E-state index contributed by atoms with van der Waals surface area (Å²) in [5.41, 5.74) is 0.579. The number of hydrogen-bond donors (Lipinski definition) is 1. The van der Waals surface area contributed by atoms with Gasteiger partial charge >= 0.3 is 0 Å². The lowest BCUT2D eigenvalue weighted by molar-refractivity contribution is -0.108. The Labute approximate surface area is 136 Å². The Hall–Kier alpha value is -0.510. The normalized spacial score (nSPS) is 24.0. The molecule has 5 heteroatoms. The van der Waals surface area contributed by atoms with E-state index >= 15 is 0 Å². The second kappa shape index (κ2) is 6.31. The Bertz CT molecular complexity index is 496. The van der Waals surface area contributed by atoms with Crippen LogP contribution in [0, 0.1) is 17.2 Å². The number of anilines is 1. The van der Waals surface area contributed by atoms with Crippen LogP contribution in [0.1, 0.15) is 34.1 Å². The number of ether oxygens (including phenoxy) is 1. The number of hydrogen-bond acceptors (Lipinski definition) is 2. The summed E-state index contributed by atoms with van der Waals surface area (Å²) in [5, 5.41) is 3.95. The Morgan fingerprint density at radius 2 is 1.90 bits per heavy atom. The maximum absolute atomic E-state index is 13.2. The molecule has 1 N–H and O–H groups in total. The van der Waals surface area contributed by atoms with Crippen molar-refractivity contribution in [1.29, 1.82) is 0 Å². The minimum absolute atomic E-state index is 0.0179. The highest BCUT2D eigenvalue weighted by molar-refractivity contribution is 6.39. The zero-order valence-corrected chi connectivity index (χ0v) is 14.4. The predicted octanol–water partition coefficient (Wildman–Crippen LogP) is 5.38. The first-order valence-electron chi connectivity index (χ1n) is 7.24. The average molecular weight is 334 g/mol. The molecule has 0 aliphatic heterocycles. The minimum Gasteiger partial charge on any atom is -0.379 e. The molecule has 21 heavy (non-hydrogen) atoms. The van der Waals surface area contributed by atoms with Crippen LogP contribution >= 0.6 is 23.2 Å². The fraction of sp³-hybridized carbons (Fsp3) is 0.625. The maximum Gasteiger partial charge on any atom is 0.126 e. The number of nitrogens with one attached hydrogen (secondary N) is 1. The first-order chi connectivity index (χ1) is 9.71. The lowest BCUT2D eigenvalue weighted by Gasteiger charge is -2.52. The van der Waals surface area contributed by atoms with Crippen molar-refractivity contribution in [2.45, 2.75) is 46.3 Å². The molecular formula is C16H22Cl2FNO. The molecule has 0 bridgehead atoms. The highest BCUT2D eigenvalue weighted by atomic mass is 35.5. The third kappa shape index (κ3) is 3.64. The molecule has 1 aliphatic carbocycles. The Kier molecular flexibility index (Phi) is 5.07. The zero-order chi connectivity index (χ0) is 15.8. The summed E-state index contributed by atoms with van der Waals surface area (Å²) in [6, 6.07) is 2.75. The molecule has 0 amide bonds. The Balaban J connectivity index is 2.03. The second-order valence-electron chi connectivity index (χ2n) is 6.71. The molecule has 0 saturated heterocycles. The third-order valence-corrected chi connectivity index (χ3v) is 4.73. The van der Waals surface area contributed by atoms with Crippen LogP contribution in [0.25, 0.3) is 0 Å². The van der Waals surface area contributed by atoms with Crippen molar-refractivity contribution in [2.24, 2.45) is 11.3 Å². The molecule has 0 spiro atoms. The largest absolute Gasteiger partial charge is 0.379 e. The Morgan fingerprint density at radius 3 is 2.38 bits per heavy atom. The standard InChI is InChI=1S/C16H22Cl2FNO/c1-9(2)8-21-14-7-13(16(14,3)4)20-15-11(17)5-10(19)6-12(15)18/h5-6,9,13-14,20H,7-8H2,1-4H3. The van der Waals surface area contributed by atoms with Crippen molar-refractivity contribution in [3.05, 3.63) is 28.0 Å². The average Bonchev–Trinajstić information content (AvgIpc) is 2.34. The molecule has 1 aliphatic rings. The first kappa shape index (κ1) is 16.9. The molecule has 1 aromatic carbocycles. The topological polar surface area (TPSA) is 21.3 Å². The molecule has 2 atom stereocenters. The van der Waals surface area contributed by atoms with E-state index in [-0.39, 0.29) is 17.6 Å². The molecule has 0 radical (unpaired) electrons. The lowest BCUT2D eigenvalue weighted by atomic mass is 9.64. The smallest absolute Gasteiger partial charge is 0.126 e. The van der Waals surface area contributed by atoms with Gasteiger partial charge in [0.05, 0.1) is 21.8 Å². The molecule has 2 rings (SSSR count). The van der Waals surface area contributed by atoms with Gasteiger partial charge in [-0.2, -0.15) is 0 Å². The van der Waals surface area contributed by atoms with Crippen molar-refractivity contribution in [2.75, 3.05) is 11.9 Å². The van der Waals surface area contributed by atoms with E-state index in [2.05, 4.69) is 33.0 Å². The van der Waals surface area contributed by atoms with Gasteiger partial charge in [-0.1, -0.05) is 50.9 Å². The molecular weight excluding hydrogens is 312 g/mol. The fourth-order valence-corrected chi connectivity index (χ4v) is 3.15. The SMILES string of the molecule is CC(C)COC1CC(Nc2c(Cl)cc(F)cc2Cl)C1(C)C. The highest BCUT2D eigenvalue weighted by Crippen LogP contribution is 2.46. The van der Waals surface area contributed by atoms with Gasteiger partial charge in [-0.15, -0.1) is 0 Å². The van der Waals surface area contributed by atoms with Crippen LogP contribution in [-0.4, -0.2) is 18.8 Å². The summed E-state index contributed by atoms with van der Waals surface area (Å²) in [6.07, 6.45) is 1.11. The fourth-order valence-electron chi connectivity index (χ4n) is 2.58. The van der Waals surface area contributed by atoms with E-state index in [9.17, 15) is 4.39 Å². The van der Waals surface area contributed by atoms with Crippen molar-refractivity contribution in [3.63, 3.8) is 0 Å². The van der Waals surface area contributed by atoms with Crippen molar-refractivity contribution >= 4 is 28.9 Å². The van der Waals surface area contributed by atoms with Crippen LogP contribution in [0.5, 0.6) is 0 Å². The van der Waals surface area contributed by atoms with Crippen molar-refractivity contribution in [3.8, 4) is 0 Å². The van der Waals surface area contributed by atoms with Gasteiger partial charge < -0.3 is 10.1 Å². The molecule has 1 saturated carbocycles.